The van der Waals surface area contributed by atoms with Gasteiger partial charge in [-0.05, 0) is 30.5 Å². The minimum atomic E-state index is -0.263. The average molecular weight is 264 g/mol. The van der Waals surface area contributed by atoms with Crippen LogP contribution in [0.5, 0.6) is 0 Å². The van der Waals surface area contributed by atoms with E-state index < -0.39 is 0 Å². The van der Waals surface area contributed by atoms with Gasteiger partial charge in [-0.1, -0.05) is 31.4 Å². The second-order valence-corrected chi connectivity index (χ2v) is 6.05. The van der Waals surface area contributed by atoms with Crippen molar-refractivity contribution in [3.63, 3.8) is 0 Å². The highest BCUT2D eigenvalue weighted by Gasteiger charge is 2.13. The molecule has 1 aromatic rings. The quantitative estimate of drug-likeness (QED) is 0.768. The van der Waals surface area contributed by atoms with Crippen molar-refractivity contribution in [3.8, 4) is 0 Å². The molecule has 98 valence electrons. The van der Waals surface area contributed by atoms with Crippen molar-refractivity contribution in [2.45, 2.75) is 43.1 Å². The molecule has 0 spiro atoms. The van der Waals surface area contributed by atoms with Gasteiger partial charge in [0.05, 0.1) is 12.7 Å². The van der Waals surface area contributed by atoms with Crippen LogP contribution in [0, 0.1) is 0 Å². The van der Waals surface area contributed by atoms with Gasteiger partial charge < -0.3 is 4.74 Å². The maximum absolute atomic E-state index is 11.3. The van der Waals surface area contributed by atoms with Crippen molar-refractivity contribution in [1.29, 1.82) is 0 Å². The lowest BCUT2D eigenvalue weighted by Gasteiger charge is -2.20. The Hall–Kier alpha value is -0.960. The van der Waals surface area contributed by atoms with Gasteiger partial charge >= 0.3 is 5.97 Å². The molecule has 1 aliphatic rings. The number of methoxy groups -OCH3 is 1. The Morgan fingerprint density at radius 3 is 2.50 bits per heavy atom. The number of benzene rings is 1. The zero-order valence-electron chi connectivity index (χ0n) is 10.9. The van der Waals surface area contributed by atoms with E-state index in [0.717, 1.165) is 11.0 Å². The zero-order valence-corrected chi connectivity index (χ0v) is 11.7. The Bertz CT molecular complexity index is 380. The molecule has 0 amide bonds. The first kappa shape index (κ1) is 13.5. The molecule has 0 heterocycles. The summed E-state index contributed by atoms with van der Waals surface area (Å²) in [5.74, 6) is 0.785. The molecule has 1 fully saturated rings. The lowest BCUT2D eigenvalue weighted by Crippen LogP contribution is -2.08. The van der Waals surface area contributed by atoms with Gasteiger partial charge in [-0.3, -0.25) is 0 Å². The van der Waals surface area contributed by atoms with Gasteiger partial charge in [-0.2, -0.15) is 11.8 Å². The largest absolute Gasteiger partial charge is 0.465 e. The topological polar surface area (TPSA) is 26.3 Å². The van der Waals surface area contributed by atoms with E-state index in [1.807, 2.05) is 24.3 Å². The van der Waals surface area contributed by atoms with Crippen molar-refractivity contribution in [3.05, 3.63) is 35.4 Å². The molecular weight excluding hydrogens is 244 g/mol. The minimum Gasteiger partial charge on any atom is -0.465 e. The van der Waals surface area contributed by atoms with Crippen LogP contribution in [-0.4, -0.2) is 18.3 Å². The van der Waals surface area contributed by atoms with Gasteiger partial charge in [0.2, 0.25) is 0 Å². The Kier molecular flexibility index (Phi) is 5.12. The van der Waals surface area contributed by atoms with E-state index in [1.165, 1.54) is 44.8 Å². The Morgan fingerprint density at radius 1 is 1.22 bits per heavy atom. The van der Waals surface area contributed by atoms with Crippen molar-refractivity contribution < 1.29 is 9.53 Å². The standard InChI is InChI=1S/C15H20O2S/c1-17-15(16)13-9-7-12(8-10-13)11-18-14-5-3-2-4-6-14/h7-10,14H,2-6,11H2,1H3. The van der Waals surface area contributed by atoms with Gasteiger partial charge in [0, 0.05) is 11.0 Å². The normalized spacial score (nSPS) is 16.5. The monoisotopic (exact) mass is 264 g/mol. The van der Waals surface area contributed by atoms with E-state index in [9.17, 15) is 4.79 Å². The Labute approximate surface area is 113 Å². The van der Waals surface area contributed by atoms with Crippen molar-refractivity contribution in [2.75, 3.05) is 7.11 Å². The molecule has 0 aromatic heterocycles. The van der Waals surface area contributed by atoms with Gasteiger partial charge in [0.1, 0.15) is 0 Å². The third-order valence-corrected chi connectivity index (χ3v) is 4.86. The Balaban J connectivity index is 1.84. The number of rotatable bonds is 4. The molecule has 0 radical (unpaired) electrons. The molecule has 0 N–H and O–H groups in total. The maximum atomic E-state index is 11.3. The predicted molar refractivity (Wildman–Crippen MR) is 75.9 cm³/mol. The van der Waals surface area contributed by atoms with E-state index in [2.05, 4.69) is 16.5 Å². The summed E-state index contributed by atoms with van der Waals surface area (Å²) in [4.78, 5) is 11.3. The summed E-state index contributed by atoms with van der Waals surface area (Å²) in [5.41, 5.74) is 1.92. The second-order valence-electron chi connectivity index (χ2n) is 4.76. The van der Waals surface area contributed by atoms with Crippen LogP contribution in [0.15, 0.2) is 24.3 Å². The van der Waals surface area contributed by atoms with Crippen LogP contribution in [0.3, 0.4) is 0 Å². The fraction of sp³-hybridized carbons (Fsp3) is 0.533. The molecule has 2 rings (SSSR count). The molecule has 0 aliphatic heterocycles. The van der Waals surface area contributed by atoms with Crippen LogP contribution in [-0.2, 0) is 10.5 Å². The molecule has 2 nitrogen and oxygen atoms in total. The second kappa shape index (κ2) is 6.83. The third kappa shape index (κ3) is 3.77. The van der Waals surface area contributed by atoms with Crippen molar-refractivity contribution >= 4 is 17.7 Å². The maximum Gasteiger partial charge on any atom is 0.337 e. The molecule has 0 bridgehead atoms. The molecule has 3 heteroatoms. The van der Waals surface area contributed by atoms with Crippen LogP contribution >= 0.6 is 11.8 Å². The molecule has 0 unspecified atom stereocenters. The Morgan fingerprint density at radius 2 is 1.89 bits per heavy atom. The fourth-order valence-electron chi connectivity index (χ4n) is 2.30. The summed E-state index contributed by atoms with van der Waals surface area (Å²) in [6.45, 7) is 0. The summed E-state index contributed by atoms with van der Waals surface area (Å²) >= 11 is 2.05. The number of carbonyl (C=O) groups is 1. The smallest absolute Gasteiger partial charge is 0.337 e. The van der Waals surface area contributed by atoms with E-state index in [-0.39, 0.29) is 5.97 Å². The number of hydrogen-bond donors (Lipinski definition) is 0. The predicted octanol–water partition coefficient (Wildman–Crippen LogP) is 4.04. The molecule has 1 aromatic carbocycles. The van der Waals surface area contributed by atoms with Crippen LogP contribution < -0.4 is 0 Å². The third-order valence-electron chi connectivity index (χ3n) is 3.41. The van der Waals surface area contributed by atoms with Crippen LogP contribution in [0.4, 0.5) is 0 Å². The first-order valence-electron chi connectivity index (χ1n) is 6.58. The van der Waals surface area contributed by atoms with E-state index >= 15 is 0 Å². The molecule has 0 atom stereocenters. The molecule has 0 saturated heterocycles. The van der Waals surface area contributed by atoms with Crippen LogP contribution in [0.1, 0.15) is 48.0 Å². The molecule has 1 saturated carbocycles. The summed E-state index contributed by atoms with van der Waals surface area (Å²) in [7, 11) is 1.41. The summed E-state index contributed by atoms with van der Waals surface area (Å²) < 4.78 is 4.69. The first-order valence-corrected chi connectivity index (χ1v) is 7.63. The molecule has 1 aliphatic carbocycles. The van der Waals surface area contributed by atoms with E-state index in [1.54, 1.807) is 0 Å². The number of thioether (sulfide) groups is 1. The lowest BCUT2D eigenvalue weighted by molar-refractivity contribution is 0.0601. The minimum absolute atomic E-state index is 0.263. The highest BCUT2D eigenvalue weighted by molar-refractivity contribution is 7.99. The van der Waals surface area contributed by atoms with Crippen LogP contribution in [0.2, 0.25) is 0 Å². The molecule has 18 heavy (non-hydrogen) atoms. The highest BCUT2D eigenvalue weighted by atomic mass is 32.2. The average Bonchev–Trinajstić information content (AvgIpc) is 2.46. The van der Waals surface area contributed by atoms with Gasteiger partial charge in [0.25, 0.3) is 0 Å². The lowest BCUT2D eigenvalue weighted by atomic mass is 10.0. The number of carbonyl (C=O) groups excluding carboxylic acids is 1. The zero-order chi connectivity index (χ0) is 12.8. The van der Waals surface area contributed by atoms with Crippen LogP contribution in [0.25, 0.3) is 0 Å². The fourth-order valence-corrected chi connectivity index (χ4v) is 3.59. The van der Waals surface area contributed by atoms with Crippen molar-refractivity contribution in [1.82, 2.24) is 0 Å². The number of esters is 1. The summed E-state index contributed by atoms with van der Waals surface area (Å²) in [5, 5.41) is 0.832. The van der Waals surface area contributed by atoms with E-state index in [0.29, 0.717) is 5.56 Å². The van der Waals surface area contributed by atoms with Gasteiger partial charge in [-0.15, -0.1) is 0 Å². The SMILES string of the molecule is COC(=O)c1ccc(CSC2CCCCC2)cc1. The van der Waals surface area contributed by atoms with Crippen molar-refractivity contribution in [2.24, 2.45) is 0 Å². The van der Waals surface area contributed by atoms with Gasteiger partial charge in [-0.25, -0.2) is 4.79 Å². The first-order chi connectivity index (χ1) is 8.79. The molecular formula is C15H20O2S. The van der Waals surface area contributed by atoms with E-state index in [4.69, 9.17) is 0 Å². The van der Waals surface area contributed by atoms with Gasteiger partial charge in [0.15, 0.2) is 0 Å². The number of ether oxygens (including phenoxy) is 1. The summed E-state index contributed by atoms with van der Waals surface area (Å²) in [6, 6.07) is 7.76. The summed E-state index contributed by atoms with van der Waals surface area (Å²) in [6.07, 6.45) is 6.92. The number of hydrogen-bond acceptors (Lipinski definition) is 3. The highest BCUT2D eigenvalue weighted by Crippen LogP contribution is 2.30.